The predicted molar refractivity (Wildman–Crippen MR) is 84.4 cm³/mol. The zero-order chi connectivity index (χ0) is 15.8. The van der Waals surface area contributed by atoms with E-state index in [4.69, 9.17) is 0 Å². The van der Waals surface area contributed by atoms with Gasteiger partial charge in [0.05, 0.1) is 6.04 Å². The van der Waals surface area contributed by atoms with Gasteiger partial charge in [-0.1, -0.05) is 29.8 Å². The van der Waals surface area contributed by atoms with E-state index in [0.29, 0.717) is 6.42 Å². The number of nitrogens with zero attached hydrogens (tertiary/aromatic N) is 1. The Morgan fingerprint density at radius 3 is 2.73 bits per heavy atom. The molecule has 2 aromatic rings. The van der Waals surface area contributed by atoms with Gasteiger partial charge in [0.25, 0.3) is 0 Å². The fourth-order valence-electron chi connectivity index (χ4n) is 2.26. The van der Waals surface area contributed by atoms with E-state index >= 15 is 0 Å². The molecular weight excluding hydrogens is 281 g/mol. The molecule has 0 fully saturated rings. The number of rotatable bonds is 6. The number of amides is 2. The van der Waals surface area contributed by atoms with Crippen molar-refractivity contribution >= 4 is 6.03 Å². The maximum absolute atomic E-state index is 12.2. The summed E-state index contributed by atoms with van der Waals surface area (Å²) in [6, 6.07) is 11.3. The highest BCUT2D eigenvalue weighted by molar-refractivity contribution is 5.74. The molecule has 0 saturated heterocycles. The molecule has 116 valence electrons. The Labute approximate surface area is 129 Å². The zero-order valence-electron chi connectivity index (χ0n) is 12.6. The van der Waals surface area contributed by atoms with Crippen molar-refractivity contribution in [2.45, 2.75) is 19.4 Å². The molecule has 1 aromatic heterocycles. The Morgan fingerprint density at radius 1 is 1.27 bits per heavy atom. The lowest BCUT2D eigenvalue weighted by Crippen LogP contribution is -2.39. The Bertz CT molecular complexity index is 604. The van der Waals surface area contributed by atoms with Crippen LogP contribution in [-0.4, -0.2) is 24.2 Å². The van der Waals surface area contributed by atoms with Crippen molar-refractivity contribution in [2.75, 3.05) is 13.2 Å². The van der Waals surface area contributed by atoms with E-state index in [9.17, 15) is 9.18 Å². The SMILES string of the molecule is Cc1cccc(C(Cc2ccncc2)NC(=O)NCCF)c1. The molecule has 1 aromatic carbocycles. The van der Waals surface area contributed by atoms with Crippen LogP contribution in [0.2, 0.25) is 0 Å². The van der Waals surface area contributed by atoms with Crippen molar-refractivity contribution < 1.29 is 9.18 Å². The first kappa shape index (κ1) is 15.9. The van der Waals surface area contributed by atoms with Crippen molar-refractivity contribution in [1.82, 2.24) is 15.6 Å². The van der Waals surface area contributed by atoms with Gasteiger partial charge in [-0.25, -0.2) is 9.18 Å². The smallest absolute Gasteiger partial charge is 0.315 e. The number of benzene rings is 1. The molecule has 22 heavy (non-hydrogen) atoms. The molecule has 0 saturated carbocycles. The molecule has 0 aliphatic carbocycles. The highest BCUT2D eigenvalue weighted by Crippen LogP contribution is 2.19. The number of alkyl halides is 1. The van der Waals surface area contributed by atoms with E-state index in [2.05, 4.69) is 15.6 Å². The van der Waals surface area contributed by atoms with Crippen LogP contribution >= 0.6 is 0 Å². The van der Waals surface area contributed by atoms with Crippen LogP contribution in [0.1, 0.15) is 22.7 Å². The Balaban J connectivity index is 2.15. The largest absolute Gasteiger partial charge is 0.336 e. The standard InChI is InChI=1S/C17H20FN3O/c1-13-3-2-4-15(11-13)16(21-17(22)20-10-7-18)12-14-5-8-19-9-6-14/h2-6,8-9,11,16H,7,10,12H2,1H3,(H2,20,21,22). The summed E-state index contributed by atoms with van der Waals surface area (Å²) >= 11 is 0. The first-order valence-electron chi connectivity index (χ1n) is 7.25. The van der Waals surface area contributed by atoms with Gasteiger partial charge in [0.1, 0.15) is 6.67 Å². The average molecular weight is 301 g/mol. The average Bonchev–Trinajstić information content (AvgIpc) is 2.53. The van der Waals surface area contributed by atoms with Crippen molar-refractivity contribution in [2.24, 2.45) is 0 Å². The zero-order valence-corrected chi connectivity index (χ0v) is 12.6. The Hall–Kier alpha value is -2.43. The van der Waals surface area contributed by atoms with Gasteiger partial charge in [0, 0.05) is 18.9 Å². The van der Waals surface area contributed by atoms with Gasteiger partial charge in [-0.2, -0.15) is 0 Å². The van der Waals surface area contributed by atoms with Gasteiger partial charge in [-0.3, -0.25) is 4.98 Å². The number of halogens is 1. The lowest BCUT2D eigenvalue weighted by molar-refractivity contribution is 0.236. The highest BCUT2D eigenvalue weighted by Gasteiger charge is 2.15. The summed E-state index contributed by atoms with van der Waals surface area (Å²) < 4.78 is 12.2. The van der Waals surface area contributed by atoms with Gasteiger partial charge < -0.3 is 10.6 Å². The third-order valence-electron chi connectivity index (χ3n) is 3.32. The third-order valence-corrected chi connectivity index (χ3v) is 3.32. The van der Waals surface area contributed by atoms with Gasteiger partial charge >= 0.3 is 6.03 Å². The van der Waals surface area contributed by atoms with E-state index in [-0.39, 0.29) is 18.6 Å². The van der Waals surface area contributed by atoms with Gasteiger partial charge in [-0.15, -0.1) is 0 Å². The number of carbonyl (C=O) groups excluding carboxylic acids is 1. The molecule has 0 aliphatic rings. The van der Waals surface area contributed by atoms with Crippen LogP contribution in [0.15, 0.2) is 48.8 Å². The molecule has 0 spiro atoms. The van der Waals surface area contributed by atoms with Crippen LogP contribution in [0.4, 0.5) is 9.18 Å². The molecule has 0 bridgehead atoms. The molecule has 4 nitrogen and oxygen atoms in total. The number of hydrogen-bond donors (Lipinski definition) is 2. The van der Waals surface area contributed by atoms with Gasteiger partial charge in [0.15, 0.2) is 0 Å². The summed E-state index contributed by atoms with van der Waals surface area (Å²) in [4.78, 5) is 15.9. The number of carbonyl (C=O) groups is 1. The third kappa shape index (κ3) is 4.84. The minimum Gasteiger partial charge on any atom is -0.336 e. The number of nitrogens with one attached hydrogen (secondary N) is 2. The molecule has 2 rings (SSSR count). The molecule has 5 heteroatoms. The summed E-state index contributed by atoms with van der Waals surface area (Å²) in [5.41, 5.74) is 3.22. The number of aryl methyl sites for hydroxylation is 1. The van der Waals surface area contributed by atoms with Gasteiger partial charge in [0.2, 0.25) is 0 Å². The summed E-state index contributed by atoms with van der Waals surface area (Å²) in [7, 11) is 0. The van der Waals surface area contributed by atoms with Crippen molar-refractivity contribution in [1.29, 1.82) is 0 Å². The Kier molecular flexibility index (Phi) is 5.89. The molecule has 2 amide bonds. The minimum atomic E-state index is -0.577. The van der Waals surface area contributed by atoms with Crippen LogP contribution in [0.5, 0.6) is 0 Å². The van der Waals surface area contributed by atoms with Crippen LogP contribution in [0, 0.1) is 6.92 Å². The topological polar surface area (TPSA) is 54.0 Å². The van der Waals surface area contributed by atoms with Crippen molar-refractivity contribution in [3.8, 4) is 0 Å². The number of hydrogen-bond acceptors (Lipinski definition) is 2. The number of aromatic nitrogens is 1. The predicted octanol–water partition coefficient (Wildman–Crippen LogP) is 2.94. The number of urea groups is 1. The van der Waals surface area contributed by atoms with E-state index < -0.39 is 6.67 Å². The van der Waals surface area contributed by atoms with E-state index in [1.165, 1.54) is 0 Å². The summed E-state index contributed by atoms with van der Waals surface area (Å²) in [6.45, 7) is 1.45. The second kappa shape index (κ2) is 8.12. The van der Waals surface area contributed by atoms with E-state index in [1.807, 2.05) is 43.3 Å². The summed E-state index contributed by atoms with van der Waals surface area (Å²) in [6.07, 6.45) is 4.10. The van der Waals surface area contributed by atoms with Crippen LogP contribution in [0.3, 0.4) is 0 Å². The monoisotopic (exact) mass is 301 g/mol. The lowest BCUT2D eigenvalue weighted by atomic mass is 9.98. The summed E-state index contributed by atoms with van der Waals surface area (Å²) in [5, 5.41) is 5.40. The maximum Gasteiger partial charge on any atom is 0.315 e. The molecule has 1 atom stereocenters. The summed E-state index contributed by atoms with van der Waals surface area (Å²) in [5.74, 6) is 0. The first-order valence-corrected chi connectivity index (χ1v) is 7.25. The fraction of sp³-hybridized carbons (Fsp3) is 0.294. The van der Waals surface area contributed by atoms with Crippen LogP contribution in [0.25, 0.3) is 0 Å². The van der Waals surface area contributed by atoms with Crippen molar-refractivity contribution in [3.05, 3.63) is 65.5 Å². The van der Waals surface area contributed by atoms with E-state index in [1.54, 1.807) is 12.4 Å². The molecule has 2 N–H and O–H groups in total. The van der Waals surface area contributed by atoms with Crippen molar-refractivity contribution in [3.63, 3.8) is 0 Å². The fourth-order valence-corrected chi connectivity index (χ4v) is 2.26. The molecule has 0 aliphatic heterocycles. The first-order chi connectivity index (χ1) is 10.7. The quantitative estimate of drug-likeness (QED) is 0.862. The molecule has 1 unspecified atom stereocenters. The minimum absolute atomic E-state index is 0.0155. The molecular formula is C17H20FN3O. The van der Waals surface area contributed by atoms with Crippen LogP contribution < -0.4 is 10.6 Å². The number of pyridine rings is 1. The molecule has 0 radical (unpaired) electrons. The van der Waals surface area contributed by atoms with Gasteiger partial charge in [-0.05, 0) is 36.6 Å². The second-order valence-electron chi connectivity index (χ2n) is 5.12. The lowest BCUT2D eigenvalue weighted by Gasteiger charge is -2.20. The Morgan fingerprint density at radius 2 is 2.05 bits per heavy atom. The maximum atomic E-state index is 12.2. The molecule has 1 heterocycles. The van der Waals surface area contributed by atoms with Crippen LogP contribution in [-0.2, 0) is 6.42 Å². The normalized spacial score (nSPS) is 11.7. The van der Waals surface area contributed by atoms with E-state index in [0.717, 1.165) is 16.7 Å². The second-order valence-corrected chi connectivity index (χ2v) is 5.12. The highest BCUT2D eigenvalue weighted by atomic mass is 19.1.